The van der Waals surface area contributed by atoms with E-state index in [2.05, 4.69) is 5.32 Å². The molecule has 0 bridgehead atoms. The Bertz CT molecular complexity index is 367. The van der Waals surface area contributed by atoms with Crippen LogP contribution in [-0.2, 0) is 5.67 Å². The van der Waals surface area contributed by atoms with E-state index in [1.54, 1.807) is 19.9 Å². The lowest BCUT2D eigenvalue weighted by atomic mass is 9.99. The van der Waals surface area contributed by atoms with Crippen molar-refractivity contribution in [1.82, 2.24) is 5.32 Å². The van der Waals surface area contributed by atoms with E-state index in [4.69, 9.17) is 4.74 Å². The molecule has 0 atom stereocenters. The van der Waals surface area contributed by atoms with Crippen LogP contribution in [0.2, 0.25) is 0 Å². The third kappa shape index (κ3) is 3.19. The second-order valence-corrected chi connectivity index (χ2v) is 5.04. The molecule has 1 N–H and O–H groups in total. The molecule has 1 aliphatic rings. The van der Waals surface area contributed by atoms with Gasteiger partial charge in [-0.05, 0) is 45.8 Å². The van der Waals surface area contributed by atoms with E-state index in [1.165, 1.54) is 0 Å². The van der Waals surface area contributed by atoms with Crippen molar-refractivity contribution in [1.29, 1.82) is 0 Å². The first kappa shape index (κ1) is 12.4. The number of nitrogens with one attached hydrogen (secondary N) is 1. The van der Waals surface area contributed by atoms with Gasteiger partial charge in [0.15, 0.2) is 0 Å². The Balaban J connectivity index is 2.14. The molecule has 0 aromatic heterocycles. The SMILES string of the molecule is CC(C)(F)c1ccccc1OC1CCNCC1. The molecule has 0 radical (unpaired) electrons. The number of rotatable bonds is 3. The van der Waals surface area contributed by atoms with E-state index in [-0.39, 0.29) is 6.10 Å². The zero-order chi connectivity index (χ0) is 12.3. The molecule has 2 rings (SSSR count). The fourth-order valence-electron chi connectivity index (χ4n) is 2.15. The predicted octanol–water partition coefficient (Wildman–Crippen LogP) is 3.02. The summed E-state index contributed by atoms with van der Waals surface area (Å²) < 4.78 is 20.0. The summed E-state index contributed by atoms with van der Waals surface area (Å²) >= 11 is 0. The monoisotopic (exact) mass is 237 g/mol. The molecular formula is C14H20FNO. The molecule has 94 valence electrons. The van der Waals surface area contributed by atoms with Crippen LogP contribution in [0.1, 0.15) is 32.3 Å². The fourth-order valence-corrected chi connectivity index (χ4v) is 2.15. The second kappa shape index (κ2) is 5.05. The van der Waals surface area contributed by atoms with E-state index in [1.807, 2.05) is 18.2 Å². The van der Waals surface area contributed by atoms with Gasteiger partial charge in [0.05, 0.1) is 0 Å². The quantitative estimate of drug-likeness (QED) is 0.872. The lowest BCUT2D eigenvalue weighted by Crippen LogP contribution is -2.34. The molecule has 0 saturated carbocycles. The molecule has 1 heterocycles. The van der Waals surface area contributed by atoms with Crippen LogP contribution in [0, 0.1) is 0 Å². The van der Waals surface area contributed by atoms with Crippen LogP contribution in [-0.4, -0.2) is 19.2 Å². The van der Waals surface area contributed by atoms with Crippen molar-refractivity contribution in [3.63, 3.8) is 0 Å². The summed E-state index contributed by atoms with van der Waals surface area (Å²) in [6.07, 6.45) is 2.18. The standard InChI is InChI=1S/C14H20FNO/c1-14(2,15)12-5-3-4-6-13(12)17-11-7-9-16-10-8-11/h3-6,11,16H,7-10H2,1-2H3. The molecule has 1 aromatic rings. The van der Waals surface area contributed by atoms with Gasteiger partial charge in [-0.15, -0.1) is 0 Å². The predicted molar refractivity (Wildman–Crippen MR) is 67.1 cm³/mol. The average molecular weight is 237 g/mol. The number of piperidine rings is 1. The first-order valence-corrected chi connectivity index (χ1v) is 6.23. The summed E-state index contributed by atoms with van der Waals surface area (Å²) in [4.78, 5) is 0. The van der Waals surface area contributed by atoms with Crippen LogP contribution >= 0.6 is 0 Å². The molecular weight excluding hydrogens is 217 g/mol. The number of ether oxygens (including phenoxy) is 1. The maximum absolute atomic E-state index is 14.0. The van der Waals surface area contributed by atoms with Gasteiger partial charge in [-0.1, -0.05) is 18.2 Å². The number of benzene rings is 1. The Labute approximate surface area is 102 Å². The van der Waals surface area contributed by atoms with Crippen LogP contribution in [0.4, 0.5) is 4.39 Å². The molecule has 1 aromatic carbocycles. The van der Waals surface area contributed by atoms with Crippen LogP contribution in [0.25, 0.3) is 0 Å². The van der Waals surface area contributed by atoms with Crippen molar-refractivity contribution in [3.05, 3.63) is 29.8 Å². The van der Waals surface area contributed by atoms with Gasteiger partial charge < -0.3 is 10.1 Å². The van der Waals surface area contributed by atoms with Gasteiger partial charge in [0.2, 0.25) is 0 Å². The van der Waals surface area contributed by atoms with Gasteiger partial charge in [0.1, 0.15) is 17.5 Å². The molecule has 0 spiro atoms. The summed E-state index contributed by atoms with van der Waals surface area (Å²) in [7, 11) is 0. The summed E-state index contributed by atoms with van der Waals surface area (Å²) in [5.41, 5.74) is -0.720. The molecule has 2 nitrogen and oxygen atoms in total. The topological polar surface area (TPSA) is 21.3 Å². The highest BCUT2D eigenvalue weighted by Gasteiger charge is 2.24. The maximum atomic E-state index is 14.0. The minimum absolute atomic E-state index is 0.208. The minimum Gasteiger partial charge on any atom is -0.490 e. The van der Waals surface area contributed by atoms with Crippen molar-refractivity contribution in [2.45, 2.75) is 38.5 Å². The van der Waals surface area contributed by atoms with Gasteiger partial charge >= 0.3 is 0 Å². The Morgan fingerprint density at radius 3 is 2.53 bits per heavy atom. The summed E-state index contributed by atoms with van der Waals surface area (Å²) in [6.45, 7) is 5.09. The number of halogens is 1. The Kier molecular flexibility index (Phi) is 3.67. The van der Waals surface area contributed by atoms with Crippen LogP contribution in [0.5, 0.6) is 5.75 Å². The largest absolute Gasteiger partial charge is 0.490 e. The van der Waals surface area contributed by atoms with E-state index in [0.717, 1.165) is 25.9 Å². The van der Waals surface area contributed by atoms with E-state index in [0.29, 0.717) is 11.3 Å². The summed E-state index contributed by atoms with van der Waals surface area (Å²) in [6, 6.07) is 7.41. The second-order valence-electron chi connectivity index (χ2n) is 5.04. The molecule has 1 saturated heterocycles. The summed E-state index contributed by atoms with van der Waals surface area (Å²) in [5, 5.41) is 3.29. The van der Waals surface area contributed by atoms with Gasteiger partial charge in [-0.25, -0.2) is 4.39 Å². The Hall–Kier alpha value is -1.09. The van der Waals surface area contributed by atoms with Crippen LogP contribution in [0.3, 0.4) is 0 Å². The highest BCUT2D eigenvalue weighted by molar-refractivity contribution is 5.37. The smallest absolute Gasteiger partial charge is 0.134 e. The number of hydrogen-bond donors (Lipinski definition) is 1. The average Bonchev–Trinajstić information content (AvgIpc) is 2.30. The first-order chi connectivity index (χ1) is 8.07. The fraction of sp³-hybridized carbons (Fsp3) is 0.571. The Morgan fingerprint density at radius 2 is 1.88 bits per heavy atom. The summed E-state index contributed by atoms with van der Waals surface area (Å²) in [5.74, 6) is 0.687. The molecule has 3 heteroatoms. The van der Waals surface area contributed by atoms with Crippen LogP contribution < -0.4 is 10.1 Å². The van der Waals surface area contributed by atoms with Crippen molar-refractivity contribution < 1.29 is 9.13 Å². The lowest BCUT2D eigenvalue weighted by Gasteiger charge is -2.27. The van der Waals surface area contributed by atoms with Crippen molar-refractivity contribution in [2.75, 3.05) is 13.1 Å². The number of alkyl halides is 1. The number of hydrogen-bond acceptors (Lipinski definition) is 2. The molecule has 0 aliphatic carbocycles. The third-order valence-corrected chi connectivity index (χ3v) is 3.11. The van der Waals surface area contributed by atoms with E-state index < -0.39 is 5.67 Å². The molecule has 0 unspecified atom stereocenters. The van der Waals surface area contributed by atoms with Gasteiger partial charge in [0, 0.05) is 5.56 Å². The van der Waals surface area contributed by atoms with Crippen molar-refractivity contribution in [2.24, 2.45) is 0 Å². The first-order valence-electron chi connectivity index (χ1n) is 6.23. The zero-order valence-corrected chi connectivity index (χ0v) is 10.5. The molecule has 17 heavy (non-hydrogen) atoms. The normalized spacial score (nSPS) is 18.1. The maximum Gasteiger partial charge on any atom is 0.134 e. The third-order valence-electron chi connectivity index (χ3n) is 3.11. The van der Waals surface area contributed by atoms with Gasteiger partial charge in [-0.3, -0.25) is 0 Å². The zero-order valence-electron chi connectivity index (χ0n) is 10.5. The van der Waals surface area contributed by atoms with Crippen molar-refractivity contribution >= 4 is 0 Å². The lowest BCUT2D eigenvalue weighted by molar-refractivity contribution is 0.148. The van der Waals surface area contributed by atoms with E-state index in [9.17, 15) is 4.39 Å². The molecule has 1 aliphatic heterocycles. The van der Waals surface area contributed by atoms with Gasteiger partial charge in [-0.2, -0.15) is 0 Å². The molecule has 0 amide bonds. The minimum atomic E-state index is -1.36. The molecule has 1 fully saturated rings. The highest BCUT2D eigenvalue weighted by atomic mass is 19.1. The highest BCUT2D eigenvalue weighted by Crippen LogP contribution is 2.33. The van der Waals surface area contributed by atoms with Gasteiger partial charge in [0.25, 0.3) is 0 Å². The van der Waals surface area contributed by atoms with E-state index >= 15 is 0 Å². The van der Waals surface area contributed by atoms with Crippen molar-refractivity contribution in [3.8, 4) is 5.75 Å². The van der Waals surface area contributed by atoms with Crippen LogP contribution in [0.15, 0.2) is 24.3 Å². The number of para-hydroxylation sites is 1. The Morgan fingerprint density at radius 1 is 1.24 bits per heavy atom.